The highest BCUT2D eigenvalue weighted by Gasteiger charge is 2.34. The first-order valence-electron chi connectivity index (χ1n) is 9.27. The van der Waals surface area contributed by atoms with Gasteiger partial charge in [0.2, 0.25) is 11.8 Å². The molecule has 0 saturated carbocycles. The third-order valence-electron chi connectivity index (χ3n) is 4.97. The van der Waals surface area contributed by atoms with Crippen LogP contribution >= 0.6 is 15.9 Å². The van der Waals surface area contributed by atoms with Crippen LogP contribution in [-0.4, -0.2) is 65.5 Å². The molecule has 0 aliphatic carbocycles. The lowest BCUT2D eigenvalue weighted by Gasteiger charge is -2.22. The fourth-order valence-corrected chi connectivity index (χ4v) is 3.73. The van der Waals surface area contributed by atoms with Crippen LogP contribution in [0.25, 0.3) is 0 Å². The molecule has 28 heavy (non-hydrogen) atoms. The van der Waals surface area contributed by atoms with Crippen molar-refractivity contribution in [3.05, 3.63) is 53.1 Å². The number of para-hydroxylation sites is 1. The first kappa shape index (κ1) is 18.7. The van der Waals surface area contributed by atoms with Crippen molar-refractivity contribution in [2.75, 3.05) is 37.6 Å². The third kappa shape index (κ3) is 4.11. The Morgan fingerprint density at radius 3 is 2.71 bits per heavy atom. The van der Waals surface area contributed by atoms with Crippen molar-refractivity contribution in [1.82, 2.24) is 14.8 Å². The standard InChI is InChI=1S/C20H21BrN4O3/c21-15-6-7-18(22-12-15)28-17-8-9-23(13-17)19(26)14-24-10-11-25(20(24)27)16-4-2-1-3-5-16/h1-7,12,17H,8-11,13-14H2. The second kappa shape index (κ2) is 8.18. The van der Waals surface area contributed by atoms with Crippen LogP contribution in [0.15, 0.2) is 53.1 Å². The fourth-order valence-electron chi connectivity index (χ4n) is 3.49. The number of likely N-dealkylation sites (tertiary alicyclic amines) is 1. The van der Waals surface area contributed by atoms with Gasteiger partial charge in [0.1, 0.15) is 12.6 Å². The number of carbonyl (C=O) groups excluding carboxylic acids is 2. The number of hydrogen-bond donors (Lipinski definition) is 0. The molecule has 2 aromatic rings. The zero-order valence-electron chi connectivity index (χ0n) is 15.3. The van der Waals surface area contributed by atoms with Gasteiger partial charge in [-0.1, -0.05) is 18.2 Å². The molecule has 0 bridgehead atoms. The first-order valence-corrected chi connectivity index (χ1v) is 10.1. The molecular weight excluding hydrogens is 424 g/mol. The molecule has 1 aromatic carbocycles. The summed E-state index contributed by atoms with van der Waals surface area (Å²) >= 11 is 3.35. The molecule has 3 heterocycles. The lowest BCUT2D eigenvalue weighted by Crippen LogP contribution is -2.42. The quantitative estimate of drug-likeness (QED) is 0.710. The zero-order chi connectivity index (χ0) is 19.5. The topological polar surface area (TPSA) is 66.0 Å². The first-order chi connectivity index (χ1) is 13.6. The summed E-state index contributed by atoms with van der Waals surface area (Å²) in [5.74, 6) is 0.508. The average molecular weight is 445 g/mol. The summed E-state index contributed by atoms with van der Waals surface area (Å²) in [7, 11) is 0. The minimum Gasteiger partial charge on any atom is -0.472 e. The van der Waals surface area contributed by atoms with Crippen molar-refractivity contribution >= 4 is 33.6 Å². The minimum absolute atomic E-state index is 0.0434. The smallest absolute Gasteiger partial charge is 0.325 e. The number of pyridine rings is 1. The Morgan fingerprint density at radius 2 is 1.96 bits per heavy atom. The molecule has 3 amide bonds. The summed E-state index contributed by atoms with van der Waals surface area (Å²) in [4.78, 5) is 34.6. The lowest BCUT2D eigenvalue weighted by atomic mass is 10.3. The van der Waals surface area contributed by atoms with E-state index in [4.69, 9.17) is 4.74 Å². The van der Waals surface area contributed by atoms with Gasteiger partial charge in [0, 0.05) is 48.5 Å². The largest absolute Gasteiger partial charge is 0.472 e. The van der Waals surface area contributed by atoms with Crippen molar-refractivity contribution in [2.45, 2.75) is 12.5 Å². The highest BCUT2D eigenvalue weighted by Crippen LogP contribution is 2.21. The molecule has 2 saturated heterocycles. The molecule has 0 N–H and O–H groups in total. The van der Waals surface area contributed by atoms with E-state index in [9.17, 15) is 9.59 Å². The lowest BCUT2D eigenvalue weighted by molar-refractivity contribution is -0.130. The van der Waals surface area contributed by atoms with Crippen LogP contribution in [0, 0.1) is 0 Å². The van der Waals surface area contributed by atoms with Crippen molar-refractivity contribution in [2.24, 2.45) is 0 Å². The van der Waals surface area contributed by atoms with Gasteiger partial charge in [-0.05, 0) is 34.1 Å². The Balaban J connectivity index is 1.30. The Hall–Kier alpha value is -2.61. The molecule has 4 rings (SSSR count). The van der Waals surface area contributed by atoms with Crippen LogP contribution in [-0.2, 0) is 4.79 Å². The summed E-state index contributed by atoms with van der Waals surface area (Å²) in [6.45, 7) is 2.39. The number of rotatable bonds is 5. The van der Waals surface area contributed by atoms with Crippen molar-refractivity contribution in [1.29, 1.82) is 0 Å². The van der Waals surface area contributed by atoms with Crippen molar-refractivity contribution < 1.29 is 14.3 Å². The molecule has 1 unspecified atom stereocenters. The number of benzene rings is 1. The van der Waals surface area contributed by atoms with E-state index in [1.54, 1.807) is 27.0 Å². The van der Waals surface area contributed by atoms with Crippen LogP contribution in [0.1, 0.15) is 6.42 Å². The summed E-state index contributed by atoms with van der Waals surface area (Å²) in [6, 6.07) is 13.1. The summed E-state index contributed by atoms with van der Waals surface area (Å²) < 4.78 is 6.75. The van der Waals surface area contributed by atoms with Gasteiger partial charge in [0.25, 0.3) is 0 Å². The number of amides is 3. The van der Waals surface area contributed by atoms with E-state index in [0.717, 1.165) is 16.6 Å². The number of hydrogen-bond acceptors (Lipinski definition) is 4. The number of ether oxygens (including phenoxy) is 1. The van der Waals surface area contributed by atoms with E-state index in [2.05, 4.69) is 20.9 Å². The number of aromatic nitrogens is 1. The van der Waals surface area contributed by atoms with Gasteiger partial charge < -0.3 is 14.5 Å². The molecular formula is C20H21BrN4O3. The average Bonchev–Trinajstić information content (AvgIpc) is 3.32. The van der Waals surface area contributed by atoms with Gasteiger partial charge in [-0.25, -0.2) is 9.78 Å². The van der Waals surface area contributed by atoms with Gasteiger partial charge in [0.15, 0.2) is 0 Å². The molecule has 1 aromatic heterocycles. The van der Waals surface area contributed by atoms with E-state index in [1.807, 2.05) is 36.4 Å². The number of anilines is 1. The molecule has 8 heteroatoms. The van der Waals surface area contributed by atoms with Crippen molar-refractivity contribution in [3.8, 4) is 5.88 Å². The van der Waals surface area contributed by atoms with Crippen LogP contribution in [0.4, 0.5) is 10.5 Å². The second-order valence-electron chi connectivity index (χ2n) is 6.87. The van der Waals surface area contributed by atoms with E-state index < -0.39 is 0 Å². The van der Waals surface area contributed by atoms with Gasteiger partial charge in [-0.2, -0.15) is 0 Å². The normalized spacial score (nSPS) is 19.4. The van der Waals surface area contributed by atoms with Crippen LogP contribution < -0.4 is 9.64 Å². The molecule has 146 valence electrons. The van der Waals surface area contributed by atoms with Crippen molar-refractivity contribution in [3.63, 3.8) is 0 Å². The number of carbonyl (C=O) groups is 2. The van der Waals surface area contributed by atoms with E-state index in [0.29, 0.717) is 32.1 Å². The minimum atomic E-state index is -0.120. The molecule has 1 atom stereocenters. The molecule has 2 aliphatic rings. The Labute approximate surface area is 172 Å². The molecule has 0 radical (unpaired) electrons. The monoisotopic (exact) mass is 444 g/mol. The Morgan fingerprint density at radius 1 is 1.14 bits per heavy atom. The van der Waals surface area contributed by atoms with E-state index in [1.165, 1.54) is 0 Å². The second-order valence-corrected chi connectivity index (χ2v) is 7.79. The SMILES string of the molecule is O=C(CN1CCN(c2ccccc2)C1=O)N1CCC(Oc2ccc(Br)cn2)C1. The summed E-state index contributed by atoms with van der Waals surface area (Å²) in [6.07, 6.45) is 2.37. The zero-order valence-corrected chi connectivity index (χ0v) is 16.9. The van der Waals surface area contributed by atoms with E-state index in [-0.39, 0.29) is 24.6 Å². The molecule has 0 spiro atoms. The van der Waals surface area contributed by atoms with Gasteiger partial charge in [-0.3, -0.25) is 9.69 Å². The maximum absolute atomic E-state index is 12.7. The predicted octanol–water partition coefficient (Wildman–Crippen LogP) is 2.77. The maximum Gasteiger partial charge on any atom is 0.325 e. The maximum atomic E-state index is 12.7. The Bertz CT molecular complexity index is 846. The number of urea groups is 1. The van der Waals surface area contributed by atoms with Gasteiger partial charge in [0.05, 0.1) is 6.54 Å². The highest BCUT2D eigenvalue weighted by molar-refractivity contribution is 9.10. The van der Waals surface area contributed by atoms with Crippen LogP contribution in [0.2, 0.25) is 0 Å². The van der Waals surface area contributed by atoms with Crippen LogP contribution in [0.5, 0.6) is 5.88 Å². The predicted molar refractivity (Wildman–Crippen MR) is 108 cm³/mol. The molecule has 7 nitrogen and oxygen atoms in total. The molecule has 2 fully saturated rings. The Kier molecular flexibility index (Phi) is 5.47. The fraction of sp³-hybridized carbons (Fsp3) is 0.350. The third-order valence-corrected chi connectivity index (χ3v) is 5.44. The number of halogens is 1. The van der Waals surface area contributed by atoms with Gasteiger partial charge >= 0.3 is 6.03 Å². The highest BCUT2D eigenvalue weighted by atomic mass is 79.9. The summed E-state index contributed by atoms with van der Waals surface area (Å²) in [5, 5.41) is 0. The molecule has 2 aliphatic heterocycles. The summed E-state index contributed by atoms with van der Waals surface area (Å²) in [5.41, 5.74) is 0.860. The van der Waals surface area contributed by atoms with Crippen LogP contribution in [0.3, 0.4) is 0 Å². The van der Waals surface area contributed by atoms with E-state index >= 15 is 0 Å². The number of nitrogens with zero attached hydrogens (tertiary/aromatic N) is 4. The van der Waals surface area contributed by atoms with Gasteiger partial charge in [-0.15, -0.1) is 0 Å².